The fourth-order valence-electron chi connectivity index (χ4n) is 3.11. The molecule has 1 saturated heterocycles. The number of rotatable bonds is 6. The molecule has 6 heteroatoms. The van der Waals surface area contributed by atoms with Crippen LogP contribution in [0.15, 0.2) is 6.07 Å². The standard InChI is InChI=1S/C16H25N4O2/c1-3-22-16(21)15-13(11-6-7-11)9-14(18-19-15)17-12-5-4-8-20(2)10-12/h9,11-12,16H,3-8,10H2,1-2H3,(H,17,18)/t12-,16-/m1/s1. The summed E-state index contributed by atoms with van der Waals surface area (Å²) in [6, 6.07) is 2.42. The summed E-state index contributed by atoms with van der Waals surface area (Å²) in [4.78, 5) is 2.33. The van der Waals surface area contributed by atoms with Gasteiger partial charge in [-0.2, -0.15) is 5.11 Å². The second-order valence-corrected chi connectivity index (χ2v) is 6.38. The quantitative estimate of drug-likeness (QED) is 0.817. The molecule has 6 nitrogen and oxygen atoms in total. The van der Waals surface area contributed by atoms with E-state index in [9.17, 15) is 5.11 Å². The Balaban J connectivity index is 1.74. The molecule has 2 aliphatic rings. The highest BCUT2D eigenvalue weighted by atomic mass is 16.6. The molecule has 1 N–H and O–H groups in total. The Morgan fingerprint density at radius 3 is 2.91 bits per heavy atom. The predicted octanol–water partition coefficient (Wildman–Crippen LogP) is 2.33. The van der Waals surface area contributed by atoms with E-state index in [2.05, 4.69) is 27.5 Å². The van der Waals surface area contributed by atoms with Crippen molar-refractivity contribution in [1.29, 1.82) is 0 Å². The molecule has 0 amide bonds. The van der Waals surface area contributed by atoms with Crippen LogP contribution >= 0.6 is 0 Å². The average Bonchev–Trinajstić information content (AvgIpc) is 3.32. The molecule has 1 aromatic heterocycles. The lowest BCUT2D eigenvalue weighted by Crippen LogP contribution is -2.40. The van der Waals surface area contributed by atoms with Gasteiger partial charge in [-0.3, -0.25) is 0 Å². The summed E-state index contributed by atoms with van der Waals surface area (Å²) < 4.78 is 5.17. The fourth-order valence-corrected chi connectivity index (χ4v) is 3.11. The van der Waals surface area contributed by atoms with Crippen LogP contribution in [0.5, 0.6) is 0 Å². The van der Waals surface area contributed by atoms with Gasteiger partial charge in [0.1, 0.15) is 11.5 Å². The van der Waals surface area contributed by atoms with Crippen LogP contribution in [-0.4, -0.2) is 47.9 Å². The first-order chi connectivity index (χ1) is 10.7. The SMILES string of the molecule is CCO[C@@H]([O])c1nnc(N[C@@H]2CCCN(C)C2)cc1C1CC1. The Hall–Kier alpha value is -1.24. The predicted molar refractivity (Wildman–Crippen MR) is 83.2 cm³/mol. The first-order valence-electron chi connectivity index (χ1n) is 8.27. The summed E-state index contributed by atoms with van der Waals surface area (Å²) in [5, 5.41) is 23.9. The van der Waals surface area contributed by atoms with Gasteiger partial charge in [0.05, 0.1) is 0 Å². The highest BCUT2D eigenvalue weighted by Gasteiger charge is 2.31. The van der Waals surface area contributed by atoms with Crippen LogP contribution in [0.3, 0.4) is 0 Å². The number of hydrogen-bond acceptors (Lipinski definition) is 5. The summed E-state index contributed by atoms with van der Waals surface area (Å²) in [5.41, 5.74) is 1.49. The zero-order valence-electron chi connectivity index (χ0n) is 13.4. The van der Waals surface area contributed by atoms with Gasteiger partial charge in [-0.05, 0) is 63.7 Å². The Bertz CT molecular complexity index is 507. The summed E-state index contributed by atoms with van der Waals surface area (Å²) in [5.74, 6) is 1.24. The minimum absolute atomic E-state index is 0.397. The average molecular weight is 305 g/mol. The van der Waals surface area contributed by atoms with Crippen molar-refractivity contribution in [2.75, 3.05) is 32.1 Å². The van der Waals surface area contributed by atoms with Gasteiger partial charge < -0.3 is 15.0 Å². The van der Waals surface area contributed by atoms with Crippen molar-refractivity contribution in [1.82, 2.24) is 15.1 Å². The molecule has 0 bridgehead atoms. The maximum absolute atomic E-state index is 12.1. The zero-order chi connectivity index (χ0) is 15.5. The van der Waals surface area contributed by atoms with Crippen molar-refractivity contribution in [2.45, 2.75) is 50.9 Å². The Labute approximate surface area is 131 Å². The number of nitrogens with zero attached hydrogens (tertiary/aromatic N) is 3. The first kappa shape index (κ1) is 15.6. The van der Waals surface area contributed by atoms with Gasteiger partial charge in [-0.25, -0.2) is 0 Å². The number of nitrogens with one attached hydrogen (secondary N) is 1. The van der Waals surface area contributed by atoms with Gasteiger partial charge in [-0.15, -0.1) is 10.2 Å². The number of aromatic nitrogens is 2. The van der Waals surface area contributed by atoms with Crippen LogP contribution in [0, 0.1) is 0 Å². The van der Waals surface area contributed by atoms with Crippen LogP contribution in [0.25, 0.3) is 0 Å². The molecular formula is C16H25N4O2. The monoisotopic (exact) mass is 305 g/mol. The Kier molecular flexibility index (Phi) is 4.90. The van der Waals surface area contributed by atoms with Crippen LogP contribution in [0.1, 0.15) is 56.1 Å². The molecule has 0 spiro atoms. The lowest BCUT2D eigenvalue weighted by atomic mass is 10.1. The normalized spacial score (nSPS) is 24.2. The molecular weight excluding hydrogens is 280 g/mol. The molecule has 1 aliphatic heterocycles. The third kappa shape index (κ3) is 3.74. The number of anilines is 1. The van der Waals surface area contributed by atoms with Crippen molar-refractivity contribution < 1.29 is 9.84 Å². The van der Waals surface area contributed by atoms with Gasteiger partial charge in [0.15, 0.2) is 0 Å². The van der Waals surface area contributed by atoms with E-state index in [-0.39, 0.29) is 0 Å². The number of hydrogen-bond donors (Lipinski definition) is 1. The van der Waals surface area contributed by atoms with E-state index in [0.29, 0.717) is 24.3 Å². The minimum Gasteiger partial charge on any atom is -0.365 e. The van der Waals surface area contributed by atoms with Crippen LogP contribution in [-0.2, 0) is 9.84 Å². The fraction of sp³-hybridized carbons (Fsp3) is 0.750. The number of piperidine rings is 1. The van der Waals surface area contributed by atoms with Crippen molar-refractivity contribution >= 4 is 5.82 Å². The van der Waals surface area contributed by atoms with Crippen LogP contribution in [0.4, 0.5) is 5.82 Å². The molecule has 0 aromatic carbocycles. The van der Waals surface area contributed by atoms with Crippen LogP contribution in [0.2, 0.25) is 0 Å². The van der Waals surface area contributed by atoms with Gasteiger partial charge in [0.2, 0.25) is 6.29 Å². The van der Waals surface area contributed by atoms with Crippen molar-refractivity contribution in [2.24, 2.45) is 0 Å². The van der Waals surface area contributed by atoms with Gasteiger partial charge in [0.25, 0.3) is 0 Å². The molecule has 1 radical (unpaired) electrons. The summed E-state index contributed by atoms with van der Waals surface area (Å²) in [6.45, 7) is 4.40. The van der Waals surface area contributed by atoms with E-state index >= 15 is 0 Å². The second kappa shape index (κ2) is 6.89. The lowest BCUT2D eigenvalue weighted by molar-refractivity contribution is -0.144. The summed E-state index contributed by atoms with van der Waals surface area (Å²) >= 11 is 0. The molecule has 1 aromatic rings. The smallest absolute Gasteiger partial charge is 0.236 e. The Morgan fingerprint density at radius 2 is 2.23 bits per heavy atom. The van der Waals surface area contributed by atoms with Gasteiger partial charge in [0, 0.05) is 19.2 Å². The molecule has 2 fully saturated rings. The summed E-state index contributed by atoms with van der Waals surface area (Å²) in [7, 11) is 2.14. The van der Waals surface area contributed by atoms with Gasteiger partial charge in [-0.1, -0.05) is 0 Å². The highest BCUT2D eigenvalue weighted by Crippen LogP contribution is 2.43. The van der Waals surface area contributed by atoms with E-state index in [1.807, 2.05) is 13.0 Å². The van der Waals surface area contributed by atoms with E-state index in [4.69, 9.17) is 4.74 Å². The van der Waals surface area contributed by atoms with Gasteiger partial charge >= 0.3 is 0 Å². The Morgan fingerprint density at radius 1 is 1.41 bits per heavy atom. The number of ether oxygens (including phenoxy) is 1. The largest absolute Gasteiger partial charge is 0.365 e. The lowest BCUT2D eigenvalue weighted by Gasteiger charge is -2.30. The molecule has 2 heterocycles. The third-order valence-electron chi connectivity index (χ3n) is 4.39. The van der Waals surface area contributed by atoms with Crippen molar-refractivity contribution in [3.63, 3.8) is 0 Å². The molecule has 1 saturated carbocycles. The zero-order valence-corrected chi connectivity index (χ0v) is 13.4. The molecule has 3 rings (SSSR count). The highest BCUT2D eigenvalue weighted by molar-refractivity contribution is 5.42. The minimum atomic E-state index is -1.22. The number of likely N-dealkylation sites (N-methyl/N-ethyl adjacent to an activating group) is 1. The molecule has 22 heavy (non-hydrogen) atoms. The second-order valence-electron chi connectivity index (χ2n) is 6.38. The molecule has 121 valence electrons. The topological polar surface area (TPSA) is 70.2 Å². The molecule has 1 aliphatic carbocycles. The van der Waals surface area contributed by atoms with Crippen LogP contribution < -0.4 is 5.32 Å². The molecule has 2 atom stereocenters. The molecule has 0 unspecified atom stereocenters. The van der Waals surface area contributed by atoms with Crippen molar-refractivity contribution in [3.8, 4) is 0 Å². The van der Waals surface area contributed by atoms with E-state index < -0.39 is 6.29 Å². The number of likely N-dealkylation sites (tertiary alicyclic amines) is 1. The first-order valence-corrected chi connectivity index (χ1v) is 8.27. The van der Waals surface area contributed by atoms with E-state index in [1.165, 1.54) is 6.42 Å². The maximum Gasteiger partial charge on any atom is 0.236 e. The maximum atomic E-state index is 12.1. The summed E-state index contributed by atoms with van der Waals surface area (Å²) in [6.07, 6.45) is 3.38. The van der Waals surface area contributed by atoms with E-state index in [1.54, 1.807) is 0 Å². The van der Waals surface area contributed by atoms with E-state index in [0.717, 1.165) is 43.7 Å². The third-order valence-corrected chi connectivity index (χ3v) is 4.39. The van der Waals surface area contributed by atoms with Crippen molar-refractivity contribution in [3.05, 3.63) is 17.3 Å².